The number of aromatic nitrogens is 1. The molecule has 6 nitrogen and oxygen atoms in total. The molecule has 0 aliphatic carbocycles. The summed E-state index contributed by atoms with van der Waals surface area (Å²) in [7, 11) is 1.27. The molecule has 0 unspecified atom stereocenters. The zero-order chi connectivity index (χ0) is 19.7. The van der Waals surface area contributed by atoms with E-state index in [2.05, 4.69) is 43.8 Å². The van der Waals surface area contributed by atoms with Crippen LogP contribution in [0.5, 0.6) is 0 Å². The smallest absolute Gasteiger partial charge is 0.343 e. The summed E-state index contributed by atoms with van der Waals surface area (Å²) in [5.41, 5.74) is 3.83. The number of fused-ring (bicyclic) bond motifs is 1. The number of para-hydroxylation sites is 1. The van der Waals surface area contributed by atoms with Crippen molar-refractivity contribution in [3.05, 3.63) is 70.0 Å². The summed E-state index contributed by atoms with van der Waals surface area (Å²) in [5.74, 6) is -0.623. The number of ether oxygens (including phenoxy) is 1. The van der Waals surface area contributed by atoms with Crippen LogP contribution in [0.1, 0.15) is 15.9 Å². The Hall–Kier alpha value is -3.28. The van der Waals surface area contributed by atoms with E-state index in [1.165, 1.54) is 19.0 Å². The topological polar surface area (TPSA) is 65.6 Å². The highest BCUT2D eigenvalue weighted by Gasteiger charge is 2.20. The van der Waals surface area contributed by atoms with Crippen molar-refractivity contribution in [3.8, 4) is 0 Å². The van der Waals surface area contributed by atoms with Crippen LogP contribution < -0.4 is 15.2 Å². The van der Waals surface area contributed by atoms with Crippen LogP contribution in [-0.2, 0) is 4.74 Å². The summed E-state index contributed by atoms with van der Waals surface area (Å²) in [6.45, 7) is 5.71. The zero-order valence-electron chi connectivity index (χ0n) is 16.1. The molecule has 28 heavy (non-hydrogen) atoms. The number of anilines is 2. The molecule has 0 radical (unpaired) electrons. The fourth-order valence-corrected chi connectivity index (χ4v) is 3.81. The number of aromatic amines is 1. The summed E-state index contributed by atoms with van der Waals surface area (Å²) in [5, 5.41) is 0.507. The lowest BCUT2D eigenvalue weighted by Crippen LogP contribution is -2.46. The van der Waals surface area contributed by atoms with Crippen LogP contribution in [0.4, 0.5) is 11.4 Å². The number of hydrogen-bond donors (Lipinski definition) is 1. The first-order valence-corrected chi connectivity index (χ1v) is 9.38. The third-order valence-electron chi connectivity index (χ3n) is 5.34. The van der Waals surface area contributed by atoms with Crippen molar-refractivity contribution in [1.29, 1.82) is 0 Å². The molecule has 1 aliphatic rings. The van der Waals surface area contributed by atoms with Gasteiger partial charge in [-0.15, -0.1) is 0 Å². The van der Waals surface area contributed by atoms with E-state index in [-0.39, 0.29) is 11.0 Å². The average molecular weight is 377 g/mol. The van der Waals surface area contributed by atoms with Gasteiger partial charge in [0, 0.05) is 49.1 Å². The second kappa shape index (κ2) is 7.38. The lowest BCUT2D eigenvalue weighted by molar-refractivity contribution is 0.0599. The van der Waals surface area contributed by atoms with Crippen molar-refractivity contribution in [2.75, 3.05) is 43.1 Å². The predicted molar refractivity (Wildman–Crippen MR) is 112 cm³/mol. The molecule has 2 aromatic carbocycles. The third kappa shape index (κ3) is 3.22. The number of carbonyl (C=O) groups excluding carboxylic acids is 1. The number of methoxy groups -OCH3 is 1. The van der Waals surface area contributed by atoms with Gasteiger partial charge in [0.1, 0.15) is 5.56 Å². The quantitative estimate of drug-likeness (QED) is 0.711. The molecule has 0 bridgehead atoms. The van der Waals surface area contributed by atoms with Gasteiger partial charge in [0.25, 0.3) is 0 Å². The van der Waals surface area contributed by atoms with Gasteiger partial charge in [-0.25, -0.2) is 4.79 Å². The van der Waals surface area contributed by atoms with E-state index in [1.807, 2.05) is 25.1 Å². The first kappa shape index (κ1) is 18.1. The second-order valence-electron chi connectivity index (χ2n) is 7.02. The molecular formula is C22H23N3O3. The molecule has 6 heteroatoms. The molecule has 1 N–H and O–H groups in total. The number of H-pyrrole nitrogens is 1. The van der Waals surface area contributed by atoms with Gasteiger partial charge >= 0.3 is 5.97 Å². The van der Waals surface area contributed by atoms with Gasteiger partial charge in [-0.2, -0.15) is 0 Å². The van der Waals surface area contributed by atoms with Gasteiger partial charge in [0.2, 0.25) is 5.43 Å². The lowest BCUT2D eigenvalue weighted by atomic mass is 10.1. The lowest BCUT2D eigenvalue weighted by Gasteiger charge is -2.38. The summed E-state index contributed by atoms with van der Waals surface area (Å²) in [4.78, 5) is 32.2. The van der Waals surface area contributed by atoms with Gasteiger partial charge in [-0.3, -0.25) is 4.79 Å². The number of esters is 1. The number of hydrogen-bond acceptors (Lipinski definition) is 5. The van der Waals surface area contributed by atoms with E-state index in [1.54, 1.807) is 0 Å². The molecule has 1 saturated heterocycles. The van der Waals surface area contributed by atoms with Crippen molar-refractivity contribution in [3.63, 3.8) is 0 Å². The third-order valence-corrected chi connectivity index (χ3v) is 5.34. The highest BCUT2D eigenvalue weighted by atomic mass is 16.5. The van der Waals surface area contributed by atoms with E-state index in [0.717, 1.165) is 42.9 Å². The van der Waals surface area contributed by atoms with Crippen LogP contribution in [0.15, 0.2) is 53.5 Å². The van der Waals surface area contributed by atoms with Crippen molar-refractivity contribution in [2.45, 2.75) is 6.92 Å². The summed E-state index contributed by atoms with van der Waals surface area (Å²) in [6, 6.07) is 14.3. The minimum absolute atomic E-state index is 0.0265. The monoisotopic (exact) mass is 377 g/mol. The molecule has 0 amide bonds. The van der Waals surface area contributed by atoms with Crippen molar-refractivity contribution in [2.24, 2.45) is 0 Å². The number of benzene rings is 2. The molecule has 144 valence electrons. The second-order valence-corrected chi connectivity index (χ2v) is 7.02. The van der Waals surface area contributed by atoms with Crippen LogP contribution in [0.25, 0.3) is 10.9 Å². The van der Waals surface area contributed by atoms with Crippen molar-refractivity contribution >= 4 is 28.2 Å². The number of piperazine rings is 1. The van der Waals surface area contributed by atoms with Crippen LogP contribution in [0.2, 0.25) is 0 Å². The molecular weight excluding hydrogens is 354 g/mol. The highest BCUT2D eigenvalue weighted by Crippen LogP contribution is 2.26. The summed E-state index contributed by atoms with van der Waals surface area (Å²) in [6.07, 6.45) is 1.43. The Bertz CT molecular complexity index is 1070. The number of carbonyl (C=O) groups is 1. The molecule has 1 aliphatic heterocycles. The fraction of sp³-hybridized carbons (Fsp3) is 0.273. The Morgan fingerprint density at radius 3 is 2.39 bits per heavy atom. The number of nitrogens with one attached hydrogen (secondary N) is 1. The highest BCUT2D eigenvalue weighted by molar-refractivity contribution is 5.94. The van der Waals surface area contributed by atoms with Crippen LogP contribution in [0.3, 0.4) is 0 Å². The van der Waals surface area contributed by atoms with E-state index >= 15 is 0 Å². The summed E-state index contributed by atoms with van der Waals surface area (Å²) < 4.78 is 4.69. The molecule has 1 aromatic heterocycles. The van der Waals surface area contributed by atoms with Crippen LogP contribution in [0, 0.1) is 6.92 Å². The van der Waals surface area contributed by atoms with E-state index in [0.29, 0.717) is 5.39 Å². The van der Waals surface area contributed by atoms with Crippen LogP contribution >= 0.6 is 0 Å². The molecule has 4 rings (SSSR count). The number of aryl methyl sites for hydroxylation is 1. The molecule has 0 atom stereocenters. The van der Waals surface area contributed by atoms with Gasteiger partial charge in [0.05, 0.1) is 12.6 Å². The predicted octanol–water partition coefficient (Wildman–Crippen LogP) is 2.95. The SMILES string of the molecule is COC(=O)c1c[nH]c2cc(N3CCN(c4ccccc4)CC3)c(C)cc2c1=O. The normalized spacial score (nSPS) is 14.4. The van der Waals surface area contributed by atoms with Gasteiger partial charge in [-0.1, -0.05) is 18.2 Å². The maximum Gasteiger partial charge on any atom is 0.343 e. The van der Waals surface area contributed by atoms with E-state index < -0.39 is 5.97 Å². The Balaban J connectivity index is 1.61. The zero-order valence-corrected chi connectivity index (χ0v) is 16.1. The Labute approximate surface area is 163 Å². The maximum absolute atomic E-state index is 12.6. The maximum atomic E-state index is 12.6. The average Bonchev–Trinajstić information content (AvgIpc) is 2.74. The molecule has 0 saturated carbocycles. The fourth-order valence-electron chi connectivity index (χ4n) is 3.81. The van der Waals surface area contributed by atoms with Crippen LogP contribution in [-0.4, -0.2) is 44.2 Å². The molecule has 3 aromatic rings. The van der Waals surface area contributed by atoms with Gasteiger partial charge in [-0.05, 0) is 36.8 Å². The Morgan fingerprint density at radius 2 is 1.71 bits per heavy atom. The minimum atomic E-state index is -0.623. The molecule has 2 heterocycles. The van der Waals surface area contributed by atoms with Crippen molar-refractivity contribution in [1.82, 2.24) is 4.98 Å². The number of pyridine rings is 1. The van der Waals surface area contributed by atoms with Crippen molar-refractivity contribution < 1.29 is 9.53 Å². The van der Waals surface area contributed by atoms with Gasteiger partial charge in [0.15, 0.2) is 0 Å². The largest absolute Gasteiger partial charge is 0.465 e. The Morgan fingerprint density at radius 1 is 1.04 bits per heavy atom. The molecule has 1 fully saturated rings. The van der Waals surface area contributed by atoms with Gasteiger partial charge < -0.3 is 19.5 Å². The number of rotatable bonds is 3. The van der Waals surface area contributed by atoms with E-state index in [9.17, 15) is 9.59 Å². The Kier molecular flexibility index (Phi) is 4.77. The standard InChI is InChI=1S/C22H23N3O3/c1-15-12-17-19(23-14-18(21(17)26)22(27)28-2)13-20(15)25-10-8-24(9-11-25)16-6-4-3-5-7-16/h3-7,12-14H,8-11H2,1-2H3,(H,23,26). The van der Waals surface area contributed by atoms with E-state index in [4.69, 9.17) is 0 Å². The minimum Gasteiger partial charge on any atom is -0.465 e. The first-order valence-electron chi connectivity index (χ1n) is 9.38. The summed E-state index contributed by atoms with van der Waals surface area (Å²) >= 11 is 0. The molecule has 0 spiro atoms. The number of nitrogens with zero attached hydrogens (tertiary/aromatic N) is 2. The first-order chi connectivity index (χ1) is 13.6.